The summed E-state index contributed by atoms with van der Waals surface area (Å²) >= 11 is 1.37. The molecule has 4 nitrogen and oxygen atoms in total. The maximum Gasteiger partial charge on any atom is 0.263 e. The van der Waals surface area contributed by atoms with Gasteiger partial charge in [0, 0.05) is 23.5 Å². The minimum absolute atomic E-state index is 0.00635. The summed E-state index contributed by atoms with van der Waals surface area (Å²) in [6.45, 7) is 1.52. The summed E-state index contributed by atoms with van der Waals surface area (Å²) in [5.74, 6) is -5.48. The Balaban J connectivity index is 1.57. The van der Waals surface area contributed by atoms with Crippen LogP contribution in [0.1, 0.15) is 32.9 Å². The Bertz CT molecular complexity index is 1090. The second-order valence-electron chi connectivity index (χ2n) is 6.54. The molecule has 1 aliphatic heterocycles. The zero-order valence-corrected chi connectivity index (χ0v) is 15.4. The van der Waals surface area contributed by atoms with Crippen LogP contribution in [0.5, 0.6) is 0 Å². The van der Waals surface area contributed by atoms with Gasteiger partial charge in [-0.3, -0.25) is 9.59 Å². The van der Waals surface area contributed by atoms with E-state index in [9.17, 15) is 22.8 Å². The summed E-state index contributed by atoms with van der Waals surface area (Å²) in [5.41, 5.74) is -0.228. The molecule has 3 aromatic rings. The SMILES string of the molecule is O=C(Nc1ccc2sc(C(=O)N3CCCC3)cc2c1)c1ccc(F)c(F)c1F. The van der Waals surface area contributed by atoms with Gasteiger partial charge in [0.25, 0.3) is 11.8 Å². The summed E-state index contributed by atoms with van der Waals surface area (Å²) in [6.07, 6.45) is 2.01. The van der Waals surface area contributed by atoms with E-state index in [4.69, 9.17) is 0 Å². The summed E-state index contributed by atoms with van der Waals surface area (Å²) in [5, 5.41) is 3.23. The van der Waals surface area contributed by atoms with Crippen LogP contribution in [0, 0.1) is 17.5 Å². The van der Waals surface area contributed by atoms with Gasteiger partial charge in [0.2, 0.25) is 0 Å². The number of halogens is 3. The van der Waals surface area contributed by atoms with Crippen molar-refractivity contribution in [2.45, 2.75) is 12.8 Å². The Morgan fingerprint density at radius 3 is 2.46 bits per heavy atom. The van der Waals surface area contributed by atoms with Crippen LogP contribution in [-0.2, 0) is 0 Å². The molecule has 1 saturated heterocycles. The molecule has 0 spiro atoms. The van der Waals surface area contributed by atoms with Crippen molar-refractivity contribution in [3.8, 4) is 0 Å². The minimum Gasteiger partial charge on any atom is -0.338 e. The van der Waals surface area contributed by atoms with E-state index < -0.39 is 28.9 Å². The number of hydrogen-bond acceptors (Lipinski definition) is 3. The third-order valence-corrected chi connectivity index (χ3v) is 5.76. The van der Waals surface area contributed by atoms with Gasteiger partial charge >= 0.3 is 0 Å². The third kappa shape index (κ3) is 3.35. The molecule has 2 heterocycles. The average Bonchev–Trinajstić information content (AvgIpc) is 3.35. The van der Waals surface area contributed by atoms with Gasteiger partial charge in [0.1, 0.15) is 0 Å². The molecule has 144 valence electrons. The lowest BCUT2D eigenvalue weighted by Crippen LogP contribution is -2.26. The van der Waals surface area contributed by atoms with Crippen molar-refractivity contribution in [3.05, 3.63) is 64.3 Å². The maximum absolute atomic E-state index is 13.8. The summed E-state index contributed by atoms with van der Waals surface area (Å²) in [6, 6.07) is 8.36. The van der Waals surface area contributed by atoms with Gasteiger partial charge in [-0.15, -0.1) is 11.3 Å². The minimum atomic E-state index is -1.69. The van der Waals surface area contributed by atoms with Gasteiger partial charge in [-0.1, -0.05) is 0 Å². The molecule has 0 bridgehead atoms. The van der Waals surface area contributed by atoms with Crippen LogP contribution in [0.4, 0.5) is 18.9 Å². The van der Waals surface area contributed by atoms with Crippen LogP contribution in [0.2, 0.25) is 0 Å². The van der Waals surface area contributed by atoms with Gasteiger partial charge < -0.3 is 10.2 Å². The lowest BCUT2D eigenvalue weighted by molar-refractivity contribution is 0.0797. The topological polar surface area (TPSA) is 49.4 Å². The number of amides is 2. The fourth-order valence-electron chi connectivity index (χ4n) is 3.20. The van der Waals surface area contributed by atoms with Crippen LogP contribution in [-0.4, -0.2) is 29.8 Å². The van der Waals surface area contributed by atoms with E-state index in [2.05, 4.69) is 5.32 Å². The number of carbonyl (C=O) groups excluding carboxylic acids is 2. The molecule has 2 amide bonds. The molecule has 2 aromatic carbocycles. The fourth-order valence-corrected chi connectivity index (χ4v) is 4.21. The third-order valence-electron chi connectivity index (χ3n) is 4.66. The number of rotatable bonds is 3. The number of fused-ring (bicyclic) bond motifs is 1. The Kier molecular flexibility index (Phi) is 4.80. The summed E-state index contributed by atoms with van der Waals surface area (Å²) < 4.78 is 41.0. The zero-order chi connectivity index (χ0) is 19.8. The highest BCUT2D eigenvalue weighted by Crippen LogP contribution is 2.30. The smallest absolute Gasteiger partial charge is 0.263 e. The van der Waals surface area contributed by atoms with Crippen molar-refractivity contribution >= 4 is 38.9 Å². The quantitative estimate of drug-likeness (QED) is 0.637. The number of nitrogens with one attached hydrogen (secondary N) is 1. The lowest BCUT2D eigenvalue weighted by Gasteiger charge is -2.13. The van der Waals surface area contributed by atoms with Crippen molar-refractivity contribution in [1.29, 1.82) is 0 Å². The van der Waals surface area contributed by atoms with Crippen molar-refractivity contribution in [1.82, 2.24) is 4.90 Å². The first kappa shape index (κ1) is 18.5. The lowest BCUT2D eigenvalue weighted by atomic mass is 10.1. The average molecular weight is 404 g/mol. The Labute approximate surface area is 162 Å². The summed E-state index contributed by atoms with van der Waals surface area (Å²) in [7, 11) is 0. The highest BCUT2D eigenvalue weighted by Gasteiger charge is 2.22. The van der Waals surface area contributed by atoms with Gasteiger partial charge in [-0.25, -0.2) is 13.2 Å². The van der Waals surface area contributed by atoms with Crippen molar-refractivity contribution < 1.29 is 22.8 Å². The van der Waals surface area contributed by atoms with Gasteiger partial charge in [-0.05, 0) is 54.6 Å². The van der Waals surface area contributed by atoms with E-state index in [1.54, 1.807) is 24.3 Å². The molecule has 4 rings (SSSR count). The van der Waals surface area contributed by atoms with Crippen molar-refractivity contribution in [3.63, 3.8) is 0 Å². The van der Waals surface area contributed by atoms with E-state index in [0.29, 0.717) is 16.6 Å². The van der Waals surface area contributed by atoms with E-state index in [0.717, 1.165) is 42.1 Å². The van der Waals surface area contributed by atoms with Crippen LogP contribution >= 0.6 is 11.3 Å². The predicted molar refractivity (Wildman–Crippen MR) is 101 cm³/mol. The molecule has 28 heavy (non-hydrogen) atoms. The monoisotopic (exact) mass is 404 g/mol. The van der Waals surface area contributed by atoms with Crippen LogP contribution in [0.3, 0.4) is 0 Å². The second-order valence-corrected chi connectivity index (χ2v) is 7.62. The van der Waals surface area contributed by atoms with Crippen molar-refractivity contribution in [2.24, 2.45) is 0 Å². The molecule has 0 atom stereocenters. The van der Waals surface area contributed by atoms with Gasteiger partial charge in [0.15, 0.2) is 17.5 Å². The van der Waals surface area contributed by atoms with E-state index in [1.807, 2.05) is 4.90 Å². The normalized spacial score (nSPS) is 13.9. The molecule has 0 unspecified atom stereocenters. The highest BCUT2D eigenvalue weighted by molar-refractivity contribution is 7.20. The number of likely N-dealkylation sites (tertiary alicyclic amines) is 1. The molecule has 0 aliphatic carbocycles. The fraction of sp³-hybridized carbons (Fsp3) is 0.200. The Morgan fingerprint density at radius 2 is 1.71 bits per heavy atom. The second kappa shape index (κ2) is 7.27. The number of carbonyl (C=O) groups is 2. The van der Waals surface area contributed by atoms with Crippen LogP contribution in [0.25, 0.3) is 10.1 Å². The van der Waals surface area contributed by atoms with Gasteiger partial charge in [-0.2, -0.15) is 0 Å². The molecule has 1 N–H and O–H groups in total. The standard InChI is InChI=1S/C20H15F3N2O2S/c21-14-5-4-13(17(22)18(14)23)19(26)24-12-3-6-15-11(9-12)10-16(28-15)20(27)25-7-1-2-8-25/h3-6,9-10H,1-2,7-8H2,(H,24,26). The van der Waals surface area contributed by atoms with Crippen LogP contribution < -0.4 is 5.32 Å². The predicted octanol–water partition coefficient (Wildman–Crippen LogP) is 4.81. The first-order chi connectivity index (χ1) is 13.4. The number of nitrogens with zero attached hydrogens (tertiary/aromatic N) is 1. The van der Waals surface area contributed by atoms with E-state index in [1.165, 1.54) is 11.3 Å². The molecule has 1 fully saturated rings. The molecule has 0 radical (unpaired) electrons. The highest BCUT2D eigenvalue weighted by atomic mass is 32.1. The first-order valence-electron chi connectivity index (χ1n) is 8.72. The maximum atomic E-state index is 13.8. The Hall–Kier alpha value is -2.87. The molecular formula is C20H15F3N2O2S. The van der Waals surface area contributed by atoms with E-state index >= 15 is 0 Å². The molecule has 1 aromatic heterocycles. The zero-order valence-electron chi connectivity index (χ0n) is 14.6. The first-order valence-corrected chi connectivity index (χ1v) is 9.53. The van der Waals surface area contributed by atoms with E-state index in [-0.39, 0.29) is 5.91 Å². The molecular weight excluding hydrogens is 389 g/mol. The van der Waals surface area contributed by atoms with Crippen molar-refractivity contribution in [2.75, 3.05) is 18.4 Å². The number of thiophene rings is 1. The molecule has 1 aliphatic rings. The van der Waals surface area contributed by atoms with Gasteiger partial charge in [0.05, 0.1) is 10.4 Å². The number of benzene rings is 2. The number of hydrogen-bond donors (Lipinski definition) is 1. The summed E-state index contributed by atoms with van der Waals surface area (Å²) in [4.78, 5) is 27.2. The number of anilines is 1. The largest absolute Gasteiger partial charge is 0.338 e. The van der Waals surface area contributed by atoms with Crippen LogP contribution in [0.15, 0.2) is 36.4 Å². The molecule has 0 saturated carbocycles. The Morgan fingerprint density at radius 1 is 0.964 bits per heavy atom. The molecule has 8 heteroatoms.